The minimum absolute atomic E-state index is 0.0610. The van der Waals surface area contributed by atoms with Crippen LogP contribution in [0.1, 0.15) is 41.4 Å². The fraction of sp³-hybridized carbons (Fsp3) is 0.462. The molecule has 1 saturated heterocycles. The number of aliphatic hydroxyl groups excluding tert-OH is 1. The van der Waals surface area contributed by atoms with Gasteiger partial charge in [0, 0.05) is 12.2 Å². The predicted octanol–water partition coefficient (Wildman–Crippen LogP) is 2.83. The van der Waals surface area contributed by atoms with Gasteiger partial charge >= 0.3 is 0 Å². The largest absolute Gasteiger partial charge is 0.492 e. The number of nitrogens with zero attached hydrogens (tertiary/aromatic N) is 3. The monoisotopic (exact) mass is 513 g/mol. The number of ether oxygens (including phenoxy) is 1. The topological polar surface area (TPSA) is 120 Å². The lowest BCUT2D eigenvalue weighted by Crippen LogP contribution is -2.42. The highest BCUT2D eigenvalue weighted by molar-refractivity contribution is 6.09. The summed E-state index contributed by atoms with van der Waals surface area (Å²) in [6.07, 6.45) is 0.677. The molecule has 2 fully saturated rings. The first-order chi connectivity index (χ1) is 17.7. The summed E-state index contributed by atoms with van der Waals surface area (Å²) in [5.74, 6) is -0.822. The number of aliphatic hydroxyl groups is 1. The highest BCUT2D eigenvalue weighted by Gasteiger charge is 2.38. The van der Waals surface area contributed by atoms with E-state index in [2.05, 4.69) is 20.3 Å². The first kappa shape index (κ1) is 25.1. The summed E-state index contributed by atoms with van der Waals surface area (Å²) >= 11 is 0. The number of rotatable bonds is 7. The minimum Gasteiger partial charge on any atom is -0.492 e. The lowest BCUT2D eigenvalue weighted by atomic mass is 10.0. The molecule has 2 amide bonds. The van der Waals surface area contributed by atoms with E-state index >= 15 is 4.39 Å². The first-order valence-corrected chi connectivity index (χ1v) is 12.3. The van der Waals surface area contributed by atoms with E-state index in [1.54, 1.807) is 26.0 Å². The van der Waals surface area contributed by atoms with Gasteiger partial charge in [-0.3, -0.25) is 9.59 Å². The molecule has 37 heavy (non-hydrogen) atoms. The molecule has 9 nitrogen and oxygen atoms in total. The minimum atomic E-state index is -1.49. The van der Waals surface area contributed by atoms with Crippen LogP contribution in [0.5, 0.6) is 5.75 Å². The smallest absolute Gasteiger partial charge is 0.255 e. The number of alkyl halides is 1. The molecule has 2 aromatic heterocycles. The molecular weight excluding hydrogens is 484 g/mol. The second kappa shape index (κ2) is 9.70. The fourth-order valence-corrected chi connectivity index (χ4v) is 4.67. The van der Waals surface area contributed by atoms with Gasteiger partial charge in [-0.15, -0.1) is 0 Å². The van der Waals surface area contributed by atoms with Crippen molar-refractivity contribution in [2.45, 2.75) is 51.9 Å². The molecule has 0 unspecified atom stereocenters. The van der Waals surface area contributed by atoms with E-state index in [1.165, 1.54) is 18.2 Å². The van der Waals surface area contributed by atoms with Crippen molar-refractivity contribution in [2.24, 2.45) is 5.92 Å². The Bertz CT molecular complexity index is 1370. The maximum atomic E-state index is 15.4. The average Bonchev–Trinajstić information content (AvgIpc) is 3.53. The van der Waals surface area contributed by atoms with Crippen LogP contribution in [0.25, 0.3) is 22.3 Å². The molecule has 1 aromatic carbocycles. The summed E-state index contributed by atoms with van der Waals surface area (Å²) in [4.78, 5) is 38.2. The van der Waals surface area contributed by atoms with E-state index in [-0.39, 0.29) is 35.4 Å². The van der Waals surface area contributed by atoms with Crippen LogP contribution in [0.4, 0.5) is 8.78 Å². The number of hydrogen-bond donors (Lipinski definition) is 3. The van der Waals surface area contributed by atoms with Crippen LogP contribution in [-0.2, 0) is 4.79 Å². The highest BCUT2D eigenvalue weighted by atomic mass is 19.1. The molecule has 0 bridgehead atoms. The van der Waals surface area contributed by atoms with E-state index < -0.39 is 35.9 Å². The molecular formula is C26H29F2N5O4. The van der Waals surface area contributed by atoms with E-state index in [0.29, 0.717) is 35.0 Å². The van der Waals surface area contributed by atoms with Crippen LogP contribution in [0.3, 0.4) is 0 Å². The molecule has 1 aliphatic heterocycles. The van der Waals surface area contributed by atoms with Gasteiger partial charge in [0.25, 0.3) is 11.8 Å². The maximum absolute atomic E-state index is 15.4. The average molecular weight is 514 g/mol. The van der Waals surface area contributed by atoms with Crippen molar-refractivity contribution in [1.82, 2.24) is 25.2 Å². The quantitative estimate of drug-likeness (QED) is 0.447. The third kappa shape index (κ3) is 4.75. The molecule has 0 spiro atoms. The molecule has 1 saturated carbocycles. The van der Waals surface area contributed by atoms with Crippen LogP contribution >= 0.6 is 0 Å². The van der Waals surface area contributed by atoms with E-state index in [1.807, 2.05) is 0 Å². The van der Waals surface area contributed by atoms with Gasteiger partial charge < -0.3 is 25.0 Å². The number of halogens is 2. The predicted molar refractivity (Wildman–Crippen MR) is 131 cm³/mol. The van der Waals surface area contributed by atoms with Gasteiger partial charge in [-0.2, -0.15) is 0 Å². The maximum Gasteiger partial charge on any atom is 0.255 e. The number of nitrogens with one attached hydrogen (secondary N) is 2. The SMILES string of the molecule is Cc1ccc(OCC2CC2)c(-c2ncnc3c(C(=O)N[C@H]4CN(C(=O)[C@H](C)O)C[C@H]4F)c(C)[nH]c23)c1F. The van der Waals surface area contributed by atoms with Crippen LogP contribution in [0.15, 0.2) is 18.5 Å². The number of aromatic nitrogens is 3. The first-order valence-electron chi connectivity index (χ1n) is 12.3. The Kier molecular flexibility index (Phi) is 6.57. The lowest BCUT2D eigenvalue weighted by Gasteiger charge is -2.18. The number of hydrogen-bond acceptors (Lipinski definition) is 6. The zero-order valence-corrected chi connectivity index (χ0v) is 20.8. The molecule has 11 heteroatoms. The van der Waals surface area contributed by atoms with Crippen LogP contribution in [0, 0.1) is 25.6 Å². The number of aromatic amines is 1. The van der Waals surface area contributed by atoms with Crippen LogP contribution in [-0.4, -0.2) is 74.8 Å². The zero-order valence-electron chi connectivity index (χ0n) is 20.8. The molecule has 3 aromatic rings. The Balaban J connectivity index is 1.47. The summed E-state index contributed by atoms with van der Waals surface area (Å²) < 4.78 is 36.0. The van der Waals surface area contributed by atoms with E-state index in [0.717, 1.165) is 12.8 Å². The molecule has 196 valence electrons. The van der Waals surface area contributed by atoms with E-state index in [4.69, 9.17) is 4.74 Å². The van der Waals surface area contributed by atoms with Gasteiger partial charge in [0.05, 0.1) is 35.8 Å². The summed E-state index contributed by atoms with van der Waals surface area (Å²) in [5, 5.41) is 12.2. The van der Waals surface area contributed by atoms with Crippen molar-refractivity contribution < 1.29 is 28.2 Å². The number of fused-ring (bicyclic) bond motifs is 1. The van der Waals surface area contributed by atoms with Crippen molar-refractivity contribution in [3.8, 4) is 17.0 Å². The Morgan fingerprint density at radius 2 is 2.03 bits per heavy atom. The Labute approximate surface area is 212 Å². The Morgan fingerprint density at radius 3 is 2.73 bits per heavy atom. The Hall–Kier alpha value is -3.60. The number of aryl methyl sites for hydroxylation is 2. The second-order valence-electron chi connectivity index (χ2n) is 9.91. The zero-order chi connectivity index (χ0) is 26.4. The molecule has 1 aliphatic carbocycles. The van der Waals surface area contributed by atoms with Gasteiger partial charge in [-0.25, -0.2) is 18.7 Å². The fourth-order valence-electron chi connectivity index (χ4n) is 4.67. The van der Waals surface area contributed by atoms with Crippen molar-refractivity contribution in [3.05, 3.63) is 41.1 Å². The molecule has 3 N–H and O–H groups in total. The summed E-state index contributed by atoms with van der Waals surface area (Å²) in [6, 6.07) is 2.42. The van der Waals surface area contributed by atoms with Crippen molar-refractivity contribution in [2.75, 3.05) is 19.7 Å². The normalized spacial score (nSPS) is 20.3. The molecule has 0 radical (unpaired) electrons. The molecule has 3 heterocycles. The van der Waals surface area contributed by atoms with Crippen molar-refractivity contribution in [1.29, 1.82) is 0 Å². The third-order valence-electron chi connectivity index (χ3n) is 6.94. The molecule has 3 atom stereocenters. The third-order valence-corrected chi connectivity index (χ3v) is 6.94. The van der Waals surface area contributed by atoms with Gasteiger partial charge in [0.2, 0.25) is 0 Å². The van der Waals surface area contributed by atoms with Crippen LogP contribution in [0.2, 0.25) is 0 Å². The molecule has 2 aliphatic rings. The number of benzene rings is 1. The van der Waals surface area contributed by atoms with Gasteiger partial charge in [-0.05, 0) is 51.2 Å². The molecule has 5 rings (SSSR count). The number of amides is 2. The second-order valence-corrected chi connectivity index (χ2v) is 9.91. The number of likely N-dealkylation sites (tertiary alicyclic amines) is 1. The number of carbonyl (C=O) groups excluding carboxylic acids is 2. The lowest BCUT2D eigenvalue weighted by molar-refractivity contribution is -0.138. The van der Waals surface area contributed by atoms with Gasteiger partial charge in [0.15, 0.2) is 0 Å². The summed E-state index contributed by atoms with van der Waals surface area (Å²) in [5.41, 5.74) is 2.13. The van der Waals surface area contributed by atoms with Gasteiger partial charge in [-0.1, -0.05) is 6.07 Å². The Morgan fingerprint density at radius 1 is 1.27 bits per heavy atom. The number of H-pyrrole nitrogens is 1. The standard InChI is InChI=1S/C26H29F2N5O4/c1-12-4-7-18(37-10-15-5-6-15)20(21(12)28)23-24-22(29-11-30-23)19(13(2)31-24)25(35)32-17-9-33(8-16(17)27)26(36)14(3)34/h4,7,11,14-17,31,34H,5-6,8-10H2,1-3H3,(H,32,35)/t14-,16+,17-/m0/s1. The van der Waals surface area contributed by atoms with Crippen molar-refractivity contribution >= 4 is 22.8 Å². The summed E-state index contributed by atoms with van der Waals surface area (Å²) in [7, 11) is 0. The highest BCUT2D eigenvalue weighted by Crippen LogP contribution is 2.39. The van der Waals surface area contributed by atoms with Crippen LogP contribution < -0.4 is 10.1 Å². The van der Waals surface area contributed by atoms with Gasteiger partial charge in [0.1, 0.15) is 41.4 Å². The summed E-state index contributed by atoms with van der Waals surface area (Å²) in [6.45, 7) is 4.84. The van der Waals surface area contributed by atoms with E-state index in [9.17, 15) is 19.1 Å². The van der Waals surface area contributed by atoms with Crippen molar-refractivity contribution in [3.63, 3.8) is 0 Å². The number of carbonyl (C=O) groups is 2.